The summed E-state index contributed by atoms with van der Waals surface area (Å²) in [5.41, 5.74) is 6.11. The van der Waals surface area contributed by atoms with Crippen molar-refractivity contribution in [3.63, 3.8) is 0 Å². The zero-order valence-corrected chi connectivity index (χ0v) is 11.5. The lowest BCUT2D eigenvalue weighted by molar-refractivity contribution is 0.0590. The summed E-state index contributed by atoms with van der Waals surface area (Å²) >= 11 is 0. The van der Waals surface area contributed by atoms with Gasteiger partial charge >= 0.3 is 0 Å². The average Bonchev–Trinajstić information content (AvgIpc) is 3.08. The molecule has 1 aliphatic carbocycles. The zero-order valence-electron chi connectivity index (χ0n) is 11.5. The Morgan fingerprint density at radius 1 is 1.32 bits per heavy atom. The SMILES string of the molecule is CCC1CCC(c2noc(C3COCCC3N)n2)C1. The third-order valence-corrected chi connectivity index (χ3v) is 4.67. The maximum Gasteiger partial charge on any atom is 0.233 e. The topological polar surface area (TPSA) is 74.2 Å². The largest absolute Gasteiger partial charge is 0.381 e. The number of hydrogen-bond donors (Lipinski definition) is 1. The van der Waals surface area contributed by atoms with Crippen LogP contribution in [0.3, 0.4) is 0 Å². The summed E-state index contributed by atoms with van der Waals surface area (Å²) in [5.74, 6) is 2.92. The van der Waals surface area contributed by atoms with Crippen LogP contribution in [-0.2, 0) is 4.74 Å². The van der Waals surface area contributed by atoms with E-state index in [-0.39, 0.29) is 12.0 Å². The summed E-state index contributed by atoms with van der Waals surface area (Å²) in [6.45, 7) is 3.59. The van der Waals surface area contributed by atoms with Gasteiger partial charge in [-0.05, 0) is 31.6 Å². The van der Waals surface area contributed by atoms with Crippen molar-refractivity contribution >= 4 is 0 Å². The third-order valence-electron chi connectivity index (χ3n) is 4.67. The van der Waals surface area contributed by atoms with Gasteiger partial charge in [0.25, 0.3) is 0 Å². The number of ether oxygens (including phenoxy) is 1. The first-order valence-corrected chi connectivity index (χ1v) is 7.44. The second-order valence-electron chi connectivity index (χ2n) is 5.91. The van der Waals surface area contributed by atoms with Crippen molar-refractivity contribution in [3.05, 3.63) is 11.7 Å². The van der Waals surface area contributed by atoms with Gasteiger partial charge in [0.05, 0.1) is 12.5 Å². The molecule has 0 spiro atoms. The predicted molar refractivity (Wildman–Crippen MR) is 70.8 cm³/mol. The molecule has 0 amide bonds. The highest BCUT2D eigenvalue weighted by Crippen LogP contribution is 2.38. The second-order valence-corrected chi connectivity index (χ2v) is 5.91. The standard InChI is InChI=1S/C14H23N3O2/c1-2-9-3-4-10(7-9)13-16-14(19-17-13)11-8-18-6-5-12(11)15/h9-12H,2-8,15H2,1H3. The van der Waals surface area contributed by atoms with Crippen molar-refractivity contribution in [2.45, 2.75) is 56.9 Å². The lowest BCUT2D eigenvalue weighted by Gasteiger charge is -2.25. The van der Waals surface area contributed by atoms with Gasteiger partial charge in [-0.2, -0.15) is 4.98 Å². The van der Waals surface area contributed by atoms with Crippen LogP contribution in [0.5, 0.6) is 0 Å². The average molecular weight is 265 g/mol. The van der Waals surface area contributed by atoms with E-state index in [4.69, 9.17) is 15.0 Å². The lowest BCUT2D eigenvalue weighted by Crippen LogP contribution is -2.37. The molecule has 1 aliphatic heterocycles. The monoisotopic (exact) mass is 265 g/mol. The molecule has 5 heteroatoms. The maximum absolute atomic E-state index is 6.11. The van der Waals surface area contributed by atoms with E-state index in [9.17, 15) is 0 Å². The maximum atomic E-state index is 6.11. The molecule has 19 heavy (non-hydrogen) atoms. The Morgan fingerprint density at radius 3 is 2.95 bits per heavy atom. The number of nitrogens with two attached hydrogens (primary N) is 1. The van der Waals surface area contributed by atoms with Crippen molar-refractivity contribution in [2.24, 2.45) is 11.7 Å². The van der Waals surface area contributed by atoms with Crippen molar-refractivity contribution in [2.75, 3.05) is 13.2 Å². The molecule has 1 saturated heterocycles. The molecule has 0 bridgehead atoms. The highest BCUT2D eigenvalue weighted by atomic mass is 16.5. The normalized spacial score (nSPS) is 35.7. The summed E-state index contributed by atoms with van der Waals surface area (Å²) in [6, 6.07) is 0.0778. The molecule has 1 aromatic rings. The molecule has 4 atom stereocenters. The Labute approximate surface area is 113 Å². The van der Waals surface area contributed by atoms with E-state index >= 15 is 0 Å². The van der Waals surface area contributed by atoms with Gasteiger partial charge in [-0.3, -0.25) is 0 Å². The Hall–Kier alpha value is -0.940. The van der Waals surface area contributed by atoms with Crippen LogP contribution in [0.2, 0.25) is 0 Å². The van der Waals surface area contributed by atoms with Gasteiger partial charge in [-0.25, -0.2) is 0 Å². The molecule has 5 nitrogen and oxygen atoms in total. The van der Waals surface area contributed by atoms with Crippen LogP contribution < -0.4 is 5.73 Å². The fourth-order valence-corrected chi connectivity index (χ4v) is 3.25. The summed E-state index contributed by atoms with van der Waals surface area (Å²) in [7, 11) is 0. The highest BCUT2D eigenvalue weighted by Gasteiger charge is 2.32. The summed E-state index contributed by atoms with van der Waals surface area (Å²) in [4.78, 5) is 4.60. The molecular formula is C14H23N3O2. The van der Waals surface area contributed by atoms with E-state index in [0.717, 1.165) is 24.8 Å². The summed E-state index contributed by atoms with van der Waals surface area (Å²) in [5, 5.41) is 4.18. The number of hydrogen-bond acceptors (Lipinski definition) is 5. The van der Waals surface area contributed by atoms with E-state index < -0.39 is 0 Å². The molecule has 4 unspecified atom stereocenters. The van der Waals surface area contributed by atoms with Crippen LogP contribution in [0.15, 0.2) is 4.52 Å². The molecule has 2 N–H and O–H groups in total. The second kappa shape index (κ2) is 5.59. The van der Waals surface area contributed by atoms with Gasteiger partial charge in [0.15, 0.2) is 5.82 Å². The van der Waals surface area contributed by atoms with Gasteiger partial charge in [0, 0.05) is 18.6 Å². The molecule has 1 saturated carbocycles. The van der Waals surface area contributed by atoms with Crippen LogP contribution in [-0.4, -0.2) is 29.4 Å². The molecule has 106 valence electrons. The number of nitrogens with zero attached hydrogens (tertiary/aromatic N) is 2. The lowest BCUT2D eigenvalue weighted by atomic mass is 9.96. The van der Waals surface area contributed by atoms with Crippen molar-refractivity contribution in [3.8, 4) is 0 Å². The molecule has 1 aromatic heterocycles. The molecule has 0 radical (unpaired) electrons. The number of rotatable bonds is 3. The Balaban J connectivity index is 1.69. The van der Waals surface area contributed by atoms with E-state index in [2.05, 4.69) is 17.1 Å². The van der Waals surface area contributed by atoms with Gasteiger partial charge in [0.1, 0.15) is 0 Å². The van der Waals surface area contributed by atoms with Gasteiger partial charge in [-0.15, -0.1) is 0 Å². The van der Waals surface area contributed by atoms with Crippen LogP contribution in [0.4, 0.5) is 0 Å². The van der Waals surface area contributed by atoms with E-state index in [1.54, 1.807) is 0 Å². The van der Waals surface area contributed by atoms with Gasteiger partial charge in [0.2, 0.25) is 5.89 Å². The minimum absolute atomic E-state index is 0.0679. The van der Waals surface area contributed by atoms with Gasteiger partial charge in [-0.1, -0.05) is 18.5 Å². The highest BCUT2D eigenvalue weighted by molar-refractivity contribution is 5.05. The summed E-state index contributed by atoms with van der Waals surface area (Å²) < 4.78 is 10.9. The van der Waals surface area contributed by atoms with E-state index in [1.165, 1.54) is 25.7 Å². The minimum atomic E-state index is 0.0679. The van der Waals surface area contributed by atoms with Crippen molar-refractivity contribution in [1.82, 2.24) is 10.1 Å². The number of aromatic nitrogens is 2. The van der Waals surface area contributed by atoms with Crippen LogP contribution in [0.1, 0.15) is 62.6 Å². The quantitative estimate of drug-likeness (QED) is 0.906. The molecule has 2 aliphatic rings. The Morgan fingerprint density at radius 2 is 2.21 bits per heavy atom. The van der Waals surface area contributed by atoms with Gasteiger partial charge < -0.3 is 15.0 Å². The Kier molecular flexibility index (Phi) is 3.84. The zero-order chi connectivity index (χ0) is 13.2. The van der Waals surface area contributed by atoms with Crippen molar-refractivity contribution in [1.29, 1.82) is 0 Å². The summed E-state index contributed by atoms with van der Waals surface area (Å²) in [6.07, 6.45) is 5.79. The minimum Gasteiger partial charge on any atom is -0.381 e. The first kappa shape index (κ1) is 13.1. The fraction of sp³-hybridized carbons (Fsp3) is 0.857. The predicted octanol–water partition coefficient (Wildman–Crippen LogP) is 2.19. The van der Waals surface area contributed by atoms with E-state index in [1.807, 2.05) is 0 Å². The van der Waals surface area contributed by atoms with Crippen molar-refractivity contribution < 1.29 is 9.26 Å². The van der Waals surface area contributed by atoms with Crippen LogP contribution in [0.25, 0.3) is 0 Å². The molecule has 2 heterocycles. The fourth-order valence-electron chi connectivity index (χ4n) is 3.25. The molecular weight excluding hydrogens is 242 g/mol. The smallest absolute Gasteiger partial charge is 0.233 e. The van der Waals surface area contributed by atoms with E-state index in [0.29, 0.717) is 18.4 Å². The third kappa shape index (κ3) is 2.67. The first-order valence-electron chi connectivity index (χ1n) is 7.44. The Bertz CT molecular complexity index is 421. The molecule has 3 rings (SSSR count). The molecule has 2 fully saturated rings. The van der Waals surface area contributed by atoms with Crippen LogP contribution >= 0.6 is 0 Å². The first-order chi connectivity index (χ1) is 9.28. The molecule has 0 aromatic carbocycles. The van der Waals surface area contributed by atoms with Crippen LogP contribution in [0, 0.1) is 5.92 Å².